The van der Waals surface area contributed by atoms with Crippen molar-refractivity contribution in [2.24, 2.45) is 12.8 Å². The van der Waals surface area contributed by atoms with Gasteiger partial charge in [-0.1, -0.05) is 24.3 Å². The van der Waals surface area contributed by atoms with Crippen LogP contribution in [0.4, 0.5) is 0 Å². The molecule has 2 aromatic rings. The smallest absolute Gasteiger partial charge is 0.0625 e. The van der Waals surface area contributed by atoms with Gasteiger partial charge in [0.05, 0.1) is 6.20 Å². The Balaban J connectivity index is 1.94. The number of nitrogens with zero attached hydrogens (tertiary/aromatic N) is 2. The van der Waals surface area contributed by atoms with E-state index in [9.17, 15) is 0 Å². The van der Waals surface area contributed by atoms with Crippen LogP contribution < -0.4 is 5.73 Å². The lowest BCUT2D eigenvalue weighted by molar-refractivity contribution is 0.766. The Morgan fingerprint density at radius 1 is 1.25 bits per heavy atom. The van der Waals surface area contributed by atoms with E-state index in [1.165, 1.54) is 16.0 Å². The normalized spacial score (nSPS) is 10.6. The molecule has 0 amide bonds. The third kappa shape index (κ3) is 2.87. The Kier molecular flexibility index (Phi) is 3.64. The molecule has 0 atom stereocenters. The van der Waals surface area contributed by atoms with Crippen molar-refractivity contribution in [3.63, 3.8) is 0 Å². The van der Waals surface area contributed by atoms with Crippen LogP contribution >= 0.6 is 11.8 Å². The molecule has 1 aromatic carbocycles. The van der Waals surface area contributed by atoms with Crippen LogP contribution in [0.5, 0.6) is 0 Å². The predicted octanol–water partition coefficient (Wildman–Crippen LogP) is 2.17. The largest absolute Gasteiger partial charge is 0.326 e. The minimum Gasteiger partial charge on any atom is -0.326 e. The number of hydrogen-bond donors (Lipinski definition) is 1. The Hall–Kier alpha value is -1.26. The summed E-state index contributed by atoms with van der Waals surface area (Å²) < 4.78 is 1.82. The highest BCUT2D eigenvalue weighted by Crippen LogP contribution is 2.21. The molecule has 0 spiro atoms. The summed E-state index contributed by atoms with van der Waals surface area (Å²) in [6.07, 6.45) is 3.91. The molecule has 0 radical (unpaired) electrons. The topological polar surface area (TPSA) is 43.8 Å². The average molecular weight is 233 g/mol. The van der Waals surface area contributed by atoms with E-state index < -0.39 is 0 Å². The van der Waals surface area contributed by atoms with E-state index in [0.29, 0.717) is 6.54 Å². The summed E-state index contributed by atoms with van der Waals surface area (Å²) in [6.45, 7) is 0.607. The van der Waals surface area contributed by atoms with Gasteiger partial charge >= 0.3 is 0 Å². The average Bonchev–Trinajstić information content (AvgIpc) is 2.73. The third-order valence-electron chi connectivity index (χ3n) is 2.35. The number of nitrogens with two attached hydrogens (primary N) is 1. The van der Waals surface area contributed by atoms with E-state index in [-0.39, 0.29) is 0 Å². The van der Waals surface area contributed by atoms with Crippen molar-refractivity contribution in [1.29, 1.82) is 0 Å². The minimum atomic E-state index is 0.607. The summed E-state index contributed by atoms with van der Waals surface area (Å²) in [5, 5.41) is 4.14. The quantitative estimate of drug-likeness (QED) is 0.823. The summed E-state index contributed by atoms with van der Waals surface area (Å²) in [4.78, 5) is 1.20. The van der Waals surface area contributed by atoms with Crippen LogP contribution in [-0.2, 0) is 19.3 Å². The van der Waals surface area contributed by atoms with Crippen molar-refractivity contribution in [3.05, 3.63) is 47.8 Å². The van der Waals surface area contributed by atoms with Crippen LogP contribution in [0, 0.1) is 0 Å². The lowest BCUT2D eigenvalue weighted by Gasteiger charge is -2.01. The molecule has 0 unspecified atom stereocenters. The van der Waals surface area contributed by atoms with Crippen LogP contribution in [0.2, 0.25) is 0 Å². The second kappa shape index (κ2) is 5.18. The monoisotopic (exact) mass is 233 g/mol. The van der Waals surface area contributed by atoms with Crippen molar-refractivity contribution in [1.82, 2.24) is 9.78 Å². The molecule has 3 nitrogen and oxygen atoms in total. The summed E-state index contributed by atoms with van der Waals surface area (Å²) in [5.74, 6) is 0.969. The molecule has 0 fully saturated rings. The lowest BCUT2D eigenvalue weighted by atomic mass is 10.1. The number of hydrogen-bond acceptors (Lipinski definition) is 3. The Labute approximate surface area is 99.7 Å². The van der Waals surface area contributed by atoms with Gasteiger partial charge in [0, 0.05) is 30.4 Å². The van der Waals surface area contributed by atoms with Crippen LogP contribution in [0.1, 0.15) is 11.1 Å². The van der Waals surface area contributed by atoms with Crippen LogP contribution in [0.25, 0.3) is 0 Å². The van der Waals surface area contributed by atoms with E-state index in [2.05, 4.69) is 29.4 Å². The second-order valence-corrected chi connectivity index (χ2v) is 4.71. The zero-order valence-electron chi connectivity index (χ0n) is 9.26. The molecular weight excluding hydrogens is 218 g/mol. The Bertz CT molecular complexity index is 448. The van der Waals surface area contributed by atoms with Crippen molar-refractivity contribution < 1.29 is 0 Å². The molecule has 0 aliphatic rings. The molecule has 84 valence electrons. The maximum absolute atomic E-state index is 5.55. The first kappa shape index (κ1) is 11.2. The maximum atomic E-state index is 5.55. The van der Waals surface area contributed by atoms with E-state index in [1.54, 1.807) is 11.8 Å². The Morgan fingerprint density at radius 2 is 1.94 bits per heavy atom. The van der Waals surface area contributed by atoms with E-state index in [4.69, 9.17) is 5.73 Å². The van der Waals surface area contributed by atoms with E-state index in [0.717, 1.165) is 5.75 Å². The SMILES string of the molecule is Cn1cc(SCc2ccc(CN)cc2)cn1. The number of aryl methyl sites for hydroxylation is 1. The van der Waals surface area contributed by atoms with Crippen LogP contribution in [0.3, 0.4) is 0 Å². The first-order valence-corrected chi connectivity index (χ1v) is 6.16. The summed E-state index contributed by atoms with van der Waals surface area (Å²) in [6, 6.07) is 8.43. The van der Waals surface area contributed by atoms with Crippen molar-refractivity contribution in [2.45, 2.75) is 17.2 Å². The molecule has 1 aromatic heterocycles. The molecule has 2 rings (SSSR count). The number of thioether (sulfide) groups is 1. The molecule has 0 aliphatic heterocycles. The molecule has 1 heterocycles. The van der Waals surface area contributed by atoms with E-state index >= 15 is 0 Å². The number of aromatic nitrogens is 2. The first-order valence-electron chi connectivity index (χ1n) is 5.17. The molecule has 0 bridgehead atoms. The summed E-state index contributed by atoms with van der Waals surface area (Å²) in [7, 11) is 1.93. The van der Waals surface area contributed by atoms with Crippen LogP contribution in [0.15, 0.2) is 41.6 Å². The second-order valence-electron chi connectivity index (χ2n) is 3.66. The van der Waals surface area contributed by atoms with Gasteiger partial charge in [-0.05, 0) is 11.1 Å². The number of rotatable bonds is 4. The zero-order chi connectivity index (χ0) is 11.4. The van der Waals surface area contributed by atoms with E-state index in [1.807, 2.05) is 24.1 Å². The van der Waals surface area contributed by atoms with Crippen molar-refractivity contribution in [3.8, 4) is 0 Å². The molecule has 16 heavy (non-hydrogen) atoms. The molecule has 4 heteroatoms. The highest BCUT2D eigenvalue weighted by atomic mass is 32.2. The minimum absolute atomic E-state index is 0.607. The van der Waals surface area contributed by atoms with Gasteiger partial charge < -0.3 is 5.73 Å². The molecule has 2 N–H and O–H groups in total. The fraction of sp³-hybridized carbons (Fsp3) is 0.250. The maximum Gasteiger partial charge on any atom is 0.0625 e. The predicted molar refractivity (Wildman–Crippen MR) is 67.1 cm³/mol. The third-order valence-corrected chi connectivity index (χ3v) is 3.37. The van der Waals surface area contributed by atoms with Gasteiger partial charge in [0.15, 0.2) is 0 Å². The summed E-state index contributed by atoms with van der Waals surface area (Å²) >= 11 is 1.79. The molecular formula is C12H15N3S. The number of benzene rings is 1. The van der Waals surface area contributed by atoms with Gasteiger partial charge in [-0.3, -0.25) is 4.68 Å². The van der Waals surface area contributed by atoms with Gasteiger partial charge in [0.25, 0.3) is 0 Å². The van der Waals surface area contributed by atoms with Gasteiger partial charge in [-0.25, -0.2) is 0 Å². The van der Waals surface area contributed by atoms with Gasteiger partial charge in [0.2, 0.25) is 0 Å². The van der Waals surface area contributed by atoms with Crippen molar-refractivity contribution >= 4 is 11.8 Å². The lowest BCUT2D eigenvalue weighted by Crippen LogP contribution is -1.95. The zero-order valence-corrected chi connectivity index (χ0v) is 10.1. The summed E-state index contributed by atoms with van der Waals surface area (Å²) in [5.41, 5.74) is 8.04. The molecule has 0 saturated carbocycles. The highest BCUT2D eigenvalue weighted by Gasteiger charge is 1.98. The molecule has 0 aliphatic carbocycles. The van der Waals surface area contributed by atoms with Gasteiger partial charge in [0.1, 0.15) is 0 Å². The first-order chi connectivity index (χ1) is 7.78. The fourth-order valence-electron chi connectivity index (χ4n) is 1.41. The standard InChI is InChI=1S/C12H15N3S/c1-15-8-12(7-14-15)16-9-11-4-2-10(6-13)3-5-11/h2-5,7-8H,6,9,13H2,1H3. The van der Waals surface area contributed by atoms with Crippen molar-refractivity contribution in [2.75, 3.05) is 0 Å². The Morgan fingerprint density at radius 3 is 2.50 bits per heavy atom. The highest BCUT2D eigenvalue weighted by molar-refractivity contribution is 7.98. The van der Waals surface area contributed by atoms with Gasteiger partial charge in [-0.15, -0.1) is 11.8 Å². The fourth-order valence-corrected chi connectivity index (χ4v) is 2.29. The van der Waals surface area contributed by atoms with Crippen LogP contribution in [-0.4, -0.2) is 9.78 Å². The van der Waals surface area contributed by atoms with Gasteiger partial charge in [-0.2, -0.15) is 5.10 Å². The molecule has 0 saturated heterocycles.